The van der Waals surface area contributed by atoms with Crippen molar-refractivity contribution in [3.63, 3.8) is 0 Å². The Kier molecular flexibility index (Phi) is 6.25. The Labute approximate surface area is 177 Å². The van der Waals surface area contributed by atoms with Gasteiger partial charge in [0.2, 0.25) is 0 Å². The molecule has 1 saturated heterocycles. The van der Waals surface area contributed by atoms with E-state index in [1.165, 1.54) is 0 Å². The third-order valence-electron chi connectivity index (χ3n) is 5.65. The van der Waals surface area contributed by atoms with Crippen LogP contribution in [0.2, 0.25) is 5.02 Å². The highest BCUT2D eigenvalue weighted by Gasteiger charge is 2.26. The zero-order chi connectivity index (χ0) is 20.3. The van der Waals surface area contributed by atoms with Gasteiger partial charge in [-0.3, -0.25) is 0 Å². The summed E-state index contributed by atoms with van der Waals surface area (Å²) in [6, 6.07) is 15.7. The summed E-state index contributed by atoms with van der Waals surface area (Å²) in [5.41, 5.74) is 2.97. The molecule has 2 heterocycles. The second-order valence-electron chi connectivity index (χ2n) is 7.53. The van der Waals surface area contributed by atoms with Crippen molar-refractivity contribution in [2.75, 3.05) is 19.6 Å². The van der Waals surface area contributed by atoms with Gasteiger partial charge in [-0.05, 0) is 36.1 Å². The smallest absolute Gasteiger partial charge is 0.279 e. The molecule has 3 aromatic rings. The minimum atomic E-state index is -3.54. The summed E-state index contributed by atoms with van der Waals surface area (Å²) in [6.45, 7) is 1.42. The van der Waals surface area contributed by atoms with Crippen LogP contribution in [0.1, 0.15) is 42.7 Å². The van der Waals surface area contributed by atoms with Gasteiger partial charge >= 0.3 is 0 Å². The number of H-pyrrole nitrogens is 1. The summed E-state index contributed by atoms with van der Waals surface area (Å²) >= 11 is 6.51. The van der Waals surface area contributed by atoms with Crippen molar-refractivity contribution in [3.8, 4) is 0 Å². The predicted octanol–water partition coefficient (Wildman–Crippen LogP) is 4.66. The number of benzene rings is 2. The molecule has 0 bridgehead atoms. The predicted molar refractivity (Wildman–Crippen MR) is 119 cm³/mol. The van der Waals surface area contributed by atoms with Crippen LogP contribution in [-0.2, 0) is 10.2 Å². The number of aromatic nitrogens is 1. The zero-order valence-electron chi connectivity index (χ0n) is 16.3. The molecule has 2 N–H and O–H groups in total. The van der Waals surface area contributed by atoms with E-state index in [-0.39, 0.29) is 12.5 Å². The Morgan fingerprint density at radius 1 is 0.966 bits per heavy atom. The van der Waals surface area contributed by atoms with Crippen molar-refractivity contribution in [3.05, 3.63) is 70.9 Å². The largest absolute Gasteiger partial charge is 0.361 e. The van der Waals surface area contributed by atoms with Crippen molar-refractivity contribution in [1.82, 2.24) is 14.0 Å². The van der Waals surface area contributed by atoms with Gasteiger partial charge in [0.25, 0.3) is 10.2 Å². The van der Waals surface area contributed by atoms with Crippen LogP contribution in [0.4, 0.5) is 0 Å². The number of halogens is 1. The molecular weight excluding hydrogens is 406 g/mol. The lowest BCUT2D eigenvalue weighted by Crippen LogP contribution is -2.42. The highest BCUT2D eigenvalue weighted by atomic mass is 35.5. The van der Waals surface area contributed by atoms with Crippen LogP contribution in [0.25, 0.3) is 10.9 Å². The van der Waals surface area contributed by atoms with E-state index in [0.29, 0.717) is 18.1 Å². The monoisotopic (exact) mass is 431 g/mol. The molecule has 0 spiro atoms. The molecular formula is C22H26ClN3O2S. The van der Waals surface area contributed by atoms with Gasteiger partial charge in [-0.25, -0.2) is 4.72 Å². The van der Waals surface area contributed by atoms with Crippen molar-refractivity contribution in [1.29, 1.82) is 0 Å². The quantitative estimate of drug-likeness (QED) is 0.595. The Morgan fingerprint density at radius 3 is 2.41 bits per heavy atom. The van der Waals surface area contributed by atoms with E-state index in [2.05, 4.69) is 9.71 Å². The van der Waals surface area contributed by atoms with E-state index in [4.69, 9.17) is 11.6 Å². The lowest BCUT2D eigenvalue weighted by atomic mass is 9.91. The molecule has 0 amide bonds. The Bertz CT molecular complexity index is 1070. The molecule has 5 nitrogen and oxygen atoms in total. The molecule has 29 heavy (non-hydrogen) atoms. The molecule has 0 saturated carbocycles. The standard InChI is InChI=1S/C22H26ClN3O2S/c23-21-11-5-3-9-17(21)20(19-15-24-22-12-6-4-10-18(19)22)16-25-29(27,28)26-13-7-1-2-8-14-26/h3-6,9-12,15,20,24-25H,1-2,7-8,13-14,16H2. The maximum absolute atomic E-state index is 13.0. The number of aromatic amines is 1. The third-order valence-corrected chi connectivity index (χ3v) is 7.57. The molecule has 154 valence electrons. The first kappa shape index (κ1) is 20.4. The van der Waals surface area contributed by atoms with E-state index < -0.39 is 10.2 Å². The van der Waals surface area contributed by atoms with Crippen molar-refractivity contribution >= 4 is 32.7 Å². The van der Waals surface area contributed by atoms with Crippen molar-refractivity contribution in [2.45, 2.75) is 31.6 Å². The van der Waals surface area contributed by atoms with Gasteiger partial charge < -0.3 is 4.98 Å². The first-order valence-corrected chi connectivity index (χ1v) is 11.9. The molecule has 4 rings (SSSR count). The number of hydrogen-bond donors (Lipinski definition) is 2. The second-order valence-corrected chi connectivity index (χ2v) is 9.69. The van der Waals surface area contributed by atoms with Gasteiger partial charge in [-0.1, -0.05) is 60.8 Å². The maximum Gasteiger partial charge on any atom is 0.279 e. The van der Waals surface area contributed by atoms with Crippen LogP contribution in [0.3, 0.4) is 0 Å². The van der Waals surface area contributed by atoms with Gasteiger partial charge in [0, 0.05) is 47.7 Å². The Balaban J connectivity index is 1.65. The first-order valence-electron chi connectivity index (χ1n) is 10.1. The Morgan fingerprint density at radius 2 is 1.66 bits per heavy atom. The summed E-state index contributed by atoms with van der Waals surface area (Å²) < 4.78 is 30.4. The summed E-state index contributed by atoms with van der Waals surface area (Å²) in [5, 5.41) is 1.71. The normalized spacial score (nSPS) is 17.3. The number of rotatable bonds is 6. The summed E-state index contributed by atoms with van der Waals surface area (Å²) in [7, 11) is -3.54. The third kappa shape index (κ3) is 4.51. The maximum atomic E-state index is 13.0. The van der Waals surface area contributed by atoms with Gasteiger partial charge in [0.15, 0.2) is 0 Å². The van der Waals surface area contributed by atoms with Crippen molar-refractivity contribution in [2.24, 2.45) is 0 Å². The molecule has 7 heteroatoms. The molecule has 1 fully saturated rings. The molecule has 1 atom stereocenters. The summed E-state index contributed by atoms with van der Waals surface area (Å²) in [6.07, 6.45) is 5.96. The molecule has 1 unspecified atom stereocenters. The lowest BCUT2D eigenvalue weighted by Gasteiger charge is -2.24. The highest BCUT2D eigenvalue weighted by molar-refractivity contribution is 7.87. The Hall–Kier alpha value is -1.86. The van der Waals surface area contributed by atoms with Crippen LogP contribution >= 0.6 is 11.6 Å². The molecule has 2 aromatic carbocycles. The zero-order valence-corrected chi connectivity index (χ0v) is 17.8. The number of nitrogens with one attached hydrogen (secondary N) is 2. The van der Waals surface area contributed by atoms with Gasteiger partial charge in [-0.15, -0.1) is 0 Å². The van der Waals surface area contributed by atoms with Crippen LogP contribution < -0.4 is 4.72 Å². The number of nitrogens with zero attached hydrogens (tertiary/aromatic N) is 1. The molecule has 1 aromatic heterocycles. The first-order chi connectivity index (χ1) is 14.1. The van der Waals surface area contributed by atoms with E-state index in [1.54, 1.807) is 4.31 Å². The summed E-state index contributed by atoms with van der Waals surface area (Å²) in [4.78, 5) is 3.30. The van der Waals surface area contributed by atoms with Crippen LogP contribution in [0, 0.1) is 0 Å². The minimum Gasteiger partial charge on any atom is -0.361 e. The van der Waals surface area contributed by atoms with Gasteiger partial charge in [0.1, 0.15) is 0 Å². The molecule has 0 radical (unpaired) electrons. The van der Waals surface area contributed by atoms with E-state index in [0.717, 1.165) is 47.7 Å². The minimum absolute atomic E-state index is 0.193. The number of hydrogen-bond acceptors (Lipinski definition) is 2. The molecule has 1 aliphatic rings. The average Bonchev–Trinajstić information content (AvgIpc) is 2.94. The van der Waals surface area contributed by atoms with Crippen molar-refractivity contribution < 1.29 is 8.42 Å². The van der Waals surface area contributed by atoms with E-state index in [9.17, 15) is 8.42 Å². The van der Waals surface area contributed by atoms with Crippen LogP contribution in [-0.4, -0.2) is 37.3 Å². The average molecular weight is 432 g/mol. The van der Waals surface area contributed by atoms with E-state index in [1.807, 2.05) is 54.7 Å². The van der Waals surface area contributed by atoms with Crippen LogP contribution in [0.5, 0.6) is 0 Å². The fraction of sp³-hybridized carbons (Fsp3) is 0.364. The second kappa shape index (κ2) is 8.88. The van der Waals surface area contributed by atoms with Gasteiger partial charge in [0.05, 0.1) is 0 Å². The fourth-order valence-corrected chi connectivity index (χ4v) is 5.66. The van der Waals surface area contributed by atoms with Gasteiger partial charge in [-0.2, -0.15) is 12.7 Å². The summed E-state index contributed by atoms with van der Waals surface area (Å²) in [5.74, 6) is -0.193. The fourth-order valence-electron chi connectivity index (χ4n) is 4.09. The lowest BCUT2D eigenvalue weighted by molar-refractivity contribution is 0.414. The SMILES string of the molecule is O=S(=O)(NCC(c1ccccc1Cl)c1c[nH]c2ccccc12)N1CCCCCC1. The van der Waals surface area contributed by atoms with Crippen LogP contribution in [0.15, 0.2) is 54.7 Å². The molecule has 0 aliphatic carbocycles. The molecule has 1 aliphatic heterocycles. The number of para-hydroxylation sites is 1. The van der Waals surface area contributed by atoms with E-state index >= 15 is 0 Å². The highest BCUT2D eigenvalue weighted by Crippen LogP contribution is 2.34. The number of fused-ring (bicyclic) bond motifs is 1. The topological polar surface area (TPSA) is 65.2 Å².